The first-order valence-corrected chi connectivity index (χ1v) is 14.5. The summed E-state index contributed by atoms with van der Waals surface area (Å²) in [7, 11) is 103. The van der Waals surface area contributed by atoms with Gasteiger partial charge in [0.25, 0.3) is 0 Å². The van der Waals surface area contributed by atoms with Crippen molar-refractivity contribution in [3.8, 4) is 0 Å². The molecule has 20 heteroatoms. The maximum absolute atomic E-state index is 6.94. The first kappa shape index (κ1) is 37.2. The van der Waals surface area contributed by atoms with Gasteiger partial charge >= 0.3 is 7.12 Å². The van der Waals surface area contributed by atoms with Gasteiger partial charge in [-0.15, -0.1) is 38.2 Å². The average molecular weight is 578 g/mol. The van der Waals surface area contributed by atoms with E-state index in [2.05, 4.69) is 0 Å². The molecule has 0 atom stereocenters. The quantitative estimate of drug-likeness (QED) is 0.225. The second-order valence-corrected chi connectivity index (χ2v) is 12.8. The van der Waals surface area contributed by atoms with Gasteiger partial charge in [0, 0.05) is 17.1 Å². The highest BCUT2D eigenvalue weighted by molar-refractivity contribution is 6.79. The Morgan fingerprint density at radius 3 is 1.00 bits per heavy atom. The number of rotatable bonds is 4. The van der Waals surface area contributed by atoms with Crippen molar-refractivity contribution in [1.82, 2.24) is 0 Å². The third-order valence-electron chi connectivity index (χ3n) is 9.50. The minimum atomic E-state index is -1.01. The minimum absolute atomic E-state index is 0.0203. The predicted molar refractivity (Wildman–Crippen MR) is 221 cm³/mol. The second-order valence-electron chi connectivity index (χ2n) is 12.8. The fourth-order valence-corrected chi connectivity index (χ4v) is 5.86. The van der Waals surface area contributed by atoms with Gasteiger partial charge in [-0.1, -0.05) is 49.2 Å². The third kappa shape index (κ3) is 5.20. The van der Waals surface area contributed by atoms with Crippen LogP contribution in [-0.4, -0.2) is 144 Å². The number of fused-ring (bicyclic) bond motifs is 1. The van der Waals surface area contributed by atoms with Crippen LogP contribution < -0.4 is 97.8 Å². The normalized spacial score (nSPS) is 15.3. The highest BCUT2D eigenvalue weighted by atomic mass is 16.7. The molecule has 0 aromatic heterocycles. The van der Waals surface area contributed by atoms with E-state index in [1.54, 1.807) is 0 Å². The molecule has 1 heterocycles. The molecule has 0 unspecified atom stereocenters. The molecule has 0 aliphatic carbocycles. The van der Waals surface area contributed by atoms with E-state index in [1.807, 2.05) is 27.7 Å². The molecule has 0 amide bonds. The number of benzene rings is 4. The van der Waals surface area contributed by atoms with Crippen LogP contribution >= 0.6 is 0 Å². The van der Waals surface area contributed by atoms with Gasteiger partial charge in [0.05, 0.1) is 11.2 Å². The molecule has 0 N–H and O–H groups in total. The van der Waals surface area contributed by atoms with Gasteiger partial charge < -0.3 is 14.2 Å². The van der Waals surface area contributed by atoms with Crippen LogP contribution in [0.15, 0.2) is 0 Å². The molecule has 5 rings (SSSR count). The lowest BCUT2D eigenvalue weighted by molar-refractivity contribution is 0.00578. The molecule has 192 valence electrons. The maximum atomic E-state index is 6.94. The number of nitrogens with zero attached hydrogens (tertiary/aromatic N) is 1. The van der Waals surface area contributed by atoms with Crippen LogP contribution in [0.2, 0.25) is 0 Å². The molecule has 0 saturated carbocycles. The van der Waals surface area contributed by atoms with E-state index < -0.39 is 18.3 Å². The topological polar surface area (TPSA) is 21.7 Å². The van der Waals surface area contributed by atoms with Gasteiger partial charge in [0.15, 0.2) is 0 Å². The molecule has 0 bridgehead atoms. The van der Waals surface area contributed by atoms with Crippen molar-refractivity contribution >= 4 is 253 Å². The van der Waals surface area contributed by atoms with E-state index in [0.29, 0.717) is 0 Å². The van der Waals surface area contributed by atoms with Gasteiger partial charge in [-0.2, -0.15) is 0 Å². The Kier molecular flexibility index (Phi) is 9.56. The lowest BCUT2D eigenvalue weighted by Crippen LogP contribution is -2.61. The molecule has 1 aliphatic heterocycles. The van der Waals surface area contributed by atoms with Crippen LogP contribution in [0, 0.1) is 0 Å². The van der Waals surface area contributed by atoms with Crippen molar-refractivity contribution in [3.63, 3.8) is 0 Å². The van der Waals surface area contributed by atoms with Crippen molar-refractivity contribution < 1.29 is 9.31 Å². The summed E-state index contributed by atoms with van der Waals surface area (Å²) in [6, 6.07) is 0. The summed E-state index contributed by atoms with van der Waals surface area (Å²) in [5, 5.41) is 0.277. The zero-order valence-corrected chi connectivity index (χ0v) is 27.1. The molecule has 48 heavy (non-hydrogen) atoms. The Hall–Kier alpha value is -2.04. The monoisotopic (exact) mass is 581 g/mol. The fourth-order valence-electron chi connectivity index (χ4n) is 5.86. The molecule has 4 aromatic rings. The number of anilines is 3. The molecule has 1 aliphatic rings. The zero-order chi connectivity index (χ0) is 36.3. The molecular formula is C28H12B17NO2. The van der Waals surface area contributed by atoms with E-state index in [-0.39, 0.29) is 121 Å². The Morgan fingerprint density at radius 1 is 0.354 bits per heavy atom. The van der Waals surface area contributed by atoms with Gasteiger partial charge in [-0.05, 0) is 43.9 Å². The van der Waals surface area contributed by atoms with E-state index in [1.165, 1.54) is 4.90 Å². The van der Waals surface area contributed by atoms with Gasteiger partial charge in [0.2, 0.25) is 0 Å². The first-order valence-electron chi connectivity index (χ1n) is 14.5. The molecule has 1 fully saturated rings. The third-order valence-corrected chi connectivity index (χ3v) is 9.50. The smallest absolute Gasteiger partial charge is 0.399 e. The van der Waals surface area contributed by atoms with E-state index in [0.717, 1.165) is 0 Å². The summed E-state index contributed by atoms with van der Waals surface area (Å²) in [6.07, 6.45) is 0. The predicted octanol–water partition coefficient (Wildman–Crippen LogP) is -12.7. The van der Waals surface area contributed by atoms with E-state index in [4.69, 9.17) is 135 Å². The first-order chi connectivity index (χ1) is 22.0. The molecule has 1 saturated heterocycles. The summed E-state index contributed by atoms with van der Waals surface area (Å²) < 4.78 is 12.5. The highest BCUT2D eigenvalue weighted by Crippen LogP contribution is 2.36. The largest absolute Gasteiger partial charge is 0.493 e. The summed E-state index contributed by atoms with van der Waals surface area (Å²) >= 11 is 0. The maximum Gasteiger partial charge on any atom is 0.493 e. The molecule has 3 nitrogen and oxygen atoms in total. The van der Waals surface area contributed by atoms with Crippen LogP contribution in [0.3, 0.4) is 0 Å². The Balaban J connectivity index is 1.98. The minimum Gasteiger partial charge on any atom is -0.399 e. The molecule has 32 radical (unpaired) electrons. The summed E-state index contributed by atoms with van der Waals surface area (Å²) in [5.74, 6) is 0. The molecule has 4 aromatic carbocycles. The fraction of sp³-hybridized carbons (Fsp3) is 0.214. The van der Waals surface area contributed by atoms with Gasteiger partial charge in [-0.3, -0.25) is 0 Å². The number of hydrogen-bond acceptors (Lipinski definition) is 3. The van der Waals surface area contributed by atoms with Crippen LogP contribution in [0.25, 0.3) is 10.8 Å². The standard InChI is InChI=1S/C28H12B17NO2/c1-27(2)28(3,4)48-45(47-27)23-9(31)5-6(7(29)17(23)39)10(32)24(18(40)8(5)30)46(25-19(41)13(35)11(33)14(36)20(25)42)26-21(43)15(37)12(34)16(38)22(26)44/h1-4H3. The van der Waals surface area contributed by atoms with Gasteiger partial charge in [0.1, 0.15) is 126 Å². The second kappa shape index (κ2) is 12.3. The number of hydrogen-bond donors (Lipinski definition) is 0. The zero-order valence-electron chi connectivity index (χ0n) is 27.1. The van der Waals surface area contributed by atoms with Crippen LogP contribution in [0.1, 0.15) is 27.7 Å². The van der Waals surface area contributed by atoms with Crippen molar-refractivity contribution in [2.24, 2.45) is 0 Å². The van der Waals surface area contributed by atoms with E-state index >= 15 is 0 Å². The Bertz CT molecular complexity index is 1940. The lowest BCUT2D eigenvalue weighted by atomic mass is 9.56. The van der Waals surface area contributed by atoms with Gasteiger partial charge in [-0.25, -0.2) is 0 Å². The molecular weight excluding hydrogens is 566 g/mol. The summed E-state index contributed by atoms with van der Waals surface area (Å²) in [6.45, 7) is 7.49. The van der Waals surface area contributed by atoms with Crippen molar-refractivity contribution in [2.45, 2.75) is 38.9 Å². The van der Waals surface area contributed by atoms with Crippen LogP contribution in [0.5, 0.6) is 0 Å². The summed E-state index contributed by atoms with van der Waals surface area (Å²) in [5.41, 5.74) is -3.09. The van der Waals surface area contributed by atoms with Crippen LogP contribution in [0.4, 0.5) is 17.1 Å². The average Bonchev–Trinajstić information content (AvgIpc) is 3.23. The summed E-state index contributed by atoms with van der Waals surface area (Å²) in [4.78, 5) is 1.27. The van der Waals surface area contributed by atoms with E-state index in [9.17, 15) is 0 Å². The highest BCUT2D eigenvalue weighted by Gasteiger charge is 2.52. The SMILES string of the molecule is [B]c1c([B])c([B])c(N(c2c([B])c([B])c([B])c([B])c2[B])c2c([B])c([B])c3c([B])c(B4OC(C)(C)C(C)(C)O4)c([B])c([B])c3c2[B])c([B])c1[B]. The Labute approximate surface area is 305 Å². The Morgan fingerprint density at radius 2 is 0.625 bits per heavy atom. The van der Waals surface area contributed by atoms with Crippen molar-refractivity contribution in [2.75, 3.05) is 4.90 Å². The molecule has 0 spiro atoms. The van der Waals surface area contributed by atoms with Crippen LogP contribution in [-0.2, 0) is 9.31 Å². The van der Waals surface area contributed by atoms with Crippen molar-refractivity contribution in [3.05, 3.63) is 0 Å². The lowest BCUT2D eigenvalue weighted by Gasteiger charge is -2.40. The van der Waals surface area contributed by atoms with Crippen molar-refractivity contribution in [1.29, 1.82) is 0 Å².